The topological polar surface area (TPSA) is 98.0 Å². The van der Waals surface area contributed by atoms with Gasteiger partial charge in [-0.25, -0.2) is 0 Å². The van der Waals surface area contributed by atoms with Crippen LogP contribution in [-0.4, -0.2) is 11.5 Å². The summed E-state index contributed by atoms with van der Waals surface area (Å²) in [5.74, 6) is -0.402. The SMILES string of the molecule is N#C/C(=N\Nc1cc(Br)ccc1Cl)C(=N)N. The first-order valence-corrected chi connectivity index (χ1v) is 5.25. The van der Waals surface area contributed by atoms with E-state index in [-0.39, 0.29) is 5.71 Å². The zero-order chi connectivity index (χ0) is 12.1. The van der Waals surface area contributed by atoms with Crippen molar-refractivity contribution in [3.63, 3.8) is 0 Å². The summed E-state index contributed by atoms with van der Waals surface area (Å²) in [5.41, 5.74) is 8.02. The van der Waals surface area contributed by atoms with Crippen molar-refractivity contribution in [2.45, 2.75) is 0 Å². The largest absolute Gasteiger partial charge is 0.382 e. The number of rotatable bonds is 3. The lowest BCUT2D eigenvalue weighted by molar-refractivity contribution is 1.33. The van der Waals surface area contributed by atoms with Gasteiger partial charge in [0.2, 0.25) is 5.71 Å². The van der Waals surface area contributed by atoms with Gasteiger partial charge in [0.15, 0.2) is 5.84 Å². The number of halogens is 2. The van der Waals surface area contributed by atoms with Gasteiger partial charge in [-0.1, -0.05) is 27.5 Å². The molecule has 0 spiro atoms. The molecular weight excluding hydrogens is 293 g/mol. The molecule has 0 aromatic heterocycles. The van der Waals surface area contributed by atoms with E-state index in [1.807, 2.05) is 0 Å². The molecular formula is C9H7BrClN5. The van der Waals surface area contributed by atoms with Gasteiger partial charge in [0.1, 0.15) is 6.07 Å². The standard InChI is InChI=1S/C9H7BrClN5/c10-5-1-2-6(11)7(3-5)15-16-8(4-12)9(13)14/h1-3,15H,(H3,13,14)/b16-8+. The van der Waals surface area contributed by atoms with Gasteiger partial charge in [-0.2, -0.15) is 10.4 Å². The van der Waals surface area contributed by atoms with Gasteiger partial charge in [-0.3, -0.25) is 10.8 Å². The second-order valence-corrected chi connectivity index (χ2v) is 4.04. The molecule has 1 rings (SSSR count). The zero-order valence-corrected chi connectivity index (χ0v) is 10.3. The van der Waals surface area contributed by atoms with Crippen LogP contribution in [0.25, 0.3) is 0 Å². The third-order valence-corrected chi connectivity index (χ3v) is 2.40. The van der Waals surface area contributed by atoms with E-state index in [0.717, 1.165) is 4.47 Å². The monoisotopic (exact) mass is 299 g/mol. The molecule has 0 amide bonds. The average molecular weight is 301 g/mol. The third-order valence-electron chi connectivity index (χ3n) is 1.58. The summed E-state index contributed by atoms with van der Waals surface area (Å²) < 4.78 is 0.816. The van der Waals surface area contributed by atoms with E-state index >= 15 is 0 Å². The molecule has 4 N–H and O–H groups in total. The number of hydrazone groups is 1. The van der Waals surface area contributed by atoms with E-state index in [4.69, 9.17) is 28.0 Å². The molecule has 0 radical (unpaired) electrons. The molecule has 0 fully saturated rings. The molecule has 5 nitrogen and oxygen atoms in total. The number of amidine groups is 1. The molecule has 0 heterocycles. The summed E-state index contributed by atoms with van der Waals surface area (Å²) in [5, 5.41) is 19.8. The minimum atomic E-state index is -0.402. The quantitative estimate of drug-likeness (QED) is 0.454. The minimum absolute atomic E-state index is 0.198. The smallest absolute Gasteiger partial charge is 0.201 e. The summed E-state index contributed by atoms with van der Waals surface area (Å²) in [6, 6.07) is 6.83. The van der Waals surface area contributed by atoms with Crippen molar-refractivity contribution in [2.75, 3.05) is 5.43 Å². The highest BCUT2D eigenvalue weighted by atomic mass is 79.9. The fraction of sp³-hybridized carbons (Fsp3) is 0. The molecule has 1 aromatic rings. The lowest BCUT2D eigenvalue weighted by Crippen LogP contribution is -2.21. The first-order chi connectivity index (χ1) is 7.54. The van der Waals surface area contributed by atoms with Crippen molar-refractivity contribution in [1.29, 1.82) is 10.7 Å². The Hall–Kier alpha value is -1.58. The maximum atomic E-state index is 8.61. The number of benzene rings is 1. The van der Waals surface area contributed by atoms with E-state index in [0.29, 0.717) is 10.7 Å². The first kappa shape index (κ1) is 12.5. The van der Waals surface area contributed by atoms with E-state index in [2.05, 4.69) is 26.5 Å². The van der Waals surface area contributed by atoms with Crippen molar-refractivity contribution < 1.29 is 0 Å². The Balaban J connectivity index is 2.94. The zero-order valence-electron chi connectivity index (χ0n) is 7.96. The molecule has 0 bridgehead atoms. The van der Waals surface area contributed by atoms with Gasteiger partial charge >= 0.3 is 0 Å². The van der Waals surface area contributed by atoms with Crippen molar-refractivity contribution >= 4 is 44.8 Å². The first-order valence-electron chi connectivity index (χ1n) is 4.08. The van der Waals surface area contributed by atoms with Gasteiger partial charge < -0.3 is 5.73 Å². The minimum Gasteiger partial charge on any atom is -0.382 e. The maximum Gasteiger partial charge on any atom is 0.201 e. The lowest BCUT2D eigenvalue weighted by atomic mass is 10.3. The van der Waals surface area contributed by atoms with Gasteiger partial charge in [-0.15, -0.1) is 0 Å². The van der Waals surface area contributed by atoms with E-state index in [9.17, 15) is 0 Å². The Morgan fingerprint density at radius 2 is 2.31 bits per heavy atom. The van der Waals surface area contributed by atoms with Crippen LogP contribution in [0.3, 0.4) is 0 Å². The van der Waals surface area contributed by atoms with Crippen molar-refractivity contribution in [2.24, 2.45) is 10.8 Å². The molecule has 0 aliphatic heterocycles. The molecule has 0 saturated carbocycles. The molecule has 16 heavy (non-hydrogen) atoms. The lowest BCUT2D eigenvalue weighted by Gasteiger charge is -2.04. The molecule has 82 valence electrons. The molecule has 7 heteroatoms. The molecule has 0 aliphatic carbocycles. The van der Waals surface area contributed by atoms with Gasteiger partial charge in [0.25, 0.3) is 0 Å². The average Bonchev–Trinajstić information content (AvgIpc) is 2.23. The van der Waals surface area contributed by atoms with E-state index < -0.39 is 5.84 Å². The van der Waals surface area contributed by atoms with Crippen molar-refractivity contribution in [3.8, 4) is 6.07 Å². The van der Waals surface area contributed by atoms with E-state index in [1.54, 1.807) is 24.3 Å². The number of nitrogens with one attached hydrogen (secondary N) is 2. The van der Waals surface area contributed by atoms with Crippen LogP contribution in [0.5, 0.6) is 0 Å². The second kappa shape index (κ2) is 5.49. The molecule has 0 unspecified atom stereocenters. The number of nitriles is 1. The number of nitrogens with two attached hydrogens (primary N) is 1. The fourth-order valence-corrected chi connectivity index (χ4v) is 1.37. The summed E-state index contributed by atoms with van der Waals surface area (Å²) >= 11 is 9.15. The summed E-state index contributed by atoms with van der Waals surface area (Å²) in [7, 11) is 0. The summed E-state index contributed by atoms with van der Waals surface area (Å²) in [6.45, 7) is 0. The van der Waals surface area contributed by atoms with Gasteiger partial charge in [-0.05, 0) is 18.2 Å². The van der Waals surface area contributed by atoms with Crippen molar-refractivity contribution in [1.82, 2.24) is 0 Å². The molecule has 0 atom stereocenters. The van der Waals surface area contributed by atoms with Crippen LogP contribution < -0.4 is 11.2 Å². The summed E-state index contributed by atoms with van der Waals surface area (Å²) in [4.78, 5) is 0. The highest BCUT2D eigenvalue weighted by Gasteiger charge is 2.03. The third kappa shape index (κ3) is 3.22. The van der Waals surface area contributed by atoms with Crippen LogP contribution >= 0.6 is 27.5 Å². The highest BCUT2D eigenvalue weighted by Crippen LogP contribution is 2.25. The predicted octanol–water partition coefficient (Wildman–Crippen LogP) is 2.33. The van der Waals surface area contributed by atoms with Crippen LogP contribution in [-0.2, 0) is 0 Å². The molecule has 1 aromatic carbocycles. The van der Waals surface area contributed by atoms with E-state index in [1.165, 1.54) is 0 Å². The fourth-order valence-electron chi connectivity index (χ4n) is 0.845. The second-order valence-electron chi connectivity index (χ2n) is 2.72. The Morgan fingerprint density at radius 1 is 1.62 bits per heavy atom. The number of anilines is 1. The van der Waals surface area contributed by atoms with Crippen LogP contribution in [0.4, 0.5) is 5.69 Å². The Labute approximate surface area is 106 Å². The van der Waals surface area contributed by atoms with Crippen LogP contribution in [0, 0.1) is 16.7 Å². The Morgan fingerprint density at radius 3 is 2.88 bits per heavy atom. The van der Waals surface area contributed by atoms with Crippen LogP contribution in [0.1, 0.15) is 0 Å². The van der Waals surface area contributed by atoms with Crippen molar-refractivity contribution in [3.05, 3.63) is 27.7 Å². The number of hydrogen-bond donors (Lipinski definition) is 3. The highest BCUT2D eigenvalue weighted by molar-refractivity contribution is 9.10. The predicted molar refractivity (Wildman–Crippen MR) is 67.7 cm³/mol. The number of hydrogen-bond acceptors (Lipinski definition) is 4. The normalized spacial score (nSPS) is 10.7. The van der Waals surface area contributed by atoms with Crippen LogP contribution in [0.15, 0.2) is 27.8 Å². The Kier molecular flexibility index (Phi) is 4.28. The summed E-state index contributed by atoms with van der Waals surface area (Å²) in [6.07, 6.45) is 0. The molecule has 0 saturated heterocycles. The molecule has 0 aliphatic rings. The maximum absolute atomic E-state index is 8.61. The number of nitrogens with zero attached hydrogens (tertiary/aromatic N) is 2. The van der Waals surface area contributed by atoms with Gasteiger partial charge in [0, 0.05) is 4.47 Å². The van der Waals surface area contributed by atoms with Crippen LogP contribution in [0.2, 0.25) is 5.02 Å². The van der Waals surface area contributed by atoms with Gasteiger partial charge in [0.05, 0.1) is 10.7 Å². The Bertz CT molecular complexity index is 491.